The molecule has 2 heterocycles. The van der Waals surface area contributed by atoms with Crippen LogP contribution in [0.15, 0.2) is 77.7 Å². The van der Waals surface area contributed by atoms with Crippen LogP contribution in [0.4, 0.5) is 11.4 Å². The number of amides is 1. The van der Waals surface area contributed by atoms with Gasteiger partial charge in [0.1, 0.15) is 17.5 Å². The van der Waals surface area contributed by atoms with E-state index in [1.807, 2.05) is 29.2 Å². The van der Waals surface area contributed by atoms with Crippen LogP contribution >= 0.6 is 11.6 Å². The zero-order valence-corrected chi connectivity index (χ0v) is 18.4. The van der Waals surface area contributed by atoms with Crippen molar-refractivity contribution in [2.75, 3.05) is 16.8 Å². The summed E-state index contributed by atoms with van der Waals surface area (Å²) in [5.41, 5.74) is 1.64. The lowest BCUT2D eigenvalue weighted by Gasteiger charge is -2.32. The van der Waals surface area contributed by atoms with Gasteiger partial charge >= 0.3 is 0 Å². The van der Waals surface area contributed by atoms with Gasteiger partial charge in [-0.1, -0.05) is 35.9 Å². The number of ether oxygens (including phenoxy) is 1. The smallest absolute Gasteiger partial charge is 0.247 e. The van der Waals surface area contributed by atoms with Gasteiger partial charge in [-0.2, -0.15) is 0 Å². The molecule has 2 aliphatic heterocycles. The number of benzene rings is 3. The summed E-state index contributed by atoms with van der Waals surface area (Å²) in [6.45, 7) is 0.419. The SMILES string of the molecule is O=C1Nc2ccccc2N2CC(NS(=O)(=O)c3ccc(Oc4ccccc4Cl)cc3)CC12. The van der Waals surface area contributed by atoms with Crippen molar-refractivity contribution >= 4 is 38.9 Å². The predicted octanol–water partition coefficient (Wildman–Crippen LogP) is 4.01. The van der Waals surface area contributed by atoms with E-state index in [4.69, 9.17) is 16.3 Å². The lowest BCUT2D eigenvalue weighted by Crippen LogP contribution is -2.44. The van der Waals surface area contributed by atoms with E-state index in [-0.39, 0.29) is 16.8 Å². The lowest BCUT2D eigenvalue weighted by molar-refractivity contribution is -0.117. The standard InChI is InChI=1S/C23H20ClN3O4S/c24-18-5-1-4-8-22(18)31-16-9-11-17(12-10-16)32(29,30)26-15-13-21-23(28)25-19-6-2-3-7-20(19)27(21)14-15/h1-12,15,21,26H,13-14H2,(H,25,28). The number of nitrogens with zero attached hydrogens (tertiary/aromatic N) is 1. The van der Waals surface area contributed by atoms with Gasteiger partial charge in [-0.3, -0.25) is 4.79 Å². The van der Waals surface area contributed by atoms with Gasteiger partial charge in [-0.25, -0.2) is 13.1 Å². The Balaban J connectivity index is 1.30. The highest BCUT2D eigenvalue weighted by Gasteiger charge is 2.42. The highest BCUT2D eigenvalue weighted by Crippen LogP contribution is 2.37. The van der Waals surface area contributed by atoms with Crippen molar-refractivity contribution in [3.63, 3.8) is 0 Å². The maximum atomic E-state index is 13.0. The highest BCUT2D eigenvalue weighted by molar-refractivity contribution is 7.89. The molecule has 0 spiro atoms. The second-order valence-electron chi connectivity index (χ2n) is 7.73. The van der Waals surface area contributed by atoms with Gasteiger partial charge in [-0.05, 0) is 55.0 Å². The predicted molar refractivity (Wildman–Crippen MR) is 123 cm³/mol. The molecule has 7 nitrogen and oxygen atoms in total. The average molecular weight is 470 g/mol. The first-order chi connectivity index (χ1) is 15.4. The molecule has 2 N–H and O–H groups in total. The van der Waals surface area contributed by atoms with Crippen LogP contribution in [-0.4, -0.2) is 33.0 Å². The molecule has 0 aliphatic carbocycles. The van der Waals surface area contributed by atoms with Crippen LogP contribution < -0.4 is 19.7 Å². The summed E-state index contributed by atoms with van der Waals surface area (Å²) < 4.78 is 34.4. The zero-order chi connectivity index (χ0) is 22.3. The third-order valence-electron chi connectivity index (χ3n) is 5.60. The Kier molecular flexibility index (Phi) is 5.28. The van der Waals surface area contributed by atoms with E-state index < -0.39 is 16.1 Å². The lowest BCUT2D eigenvalue weighted by atomic mass is 10.1. The molecule has 5 rings (SSSR count). The number of carbonyl (C=O) groups is 1. The summed E-state index contributed by atoms with van der Waals surface area (Å²) >= 11 is 6.10. The third-order valence-corrected chi connectivity index (χ3v) is 7.44. The number of fused-ring (bicyclic) bond motifs is 3. The van der Waals surface area contributed by atoms with E-state index in [1.165, 1.54) is 12.1 Å². The van der Waals surface area contributed by atoms with Crippen molar-refractivity contribution in [2.24, 2.45) is 0 Å². The molecule has 0 saturated carbocycles. The fourth-order valence-corrected chi connectivity index (χ4v) is 5.53. The van der Waals surface area contributed by atoms with Crippen LogP contribution in [0.1, 0.15) is 6.42 Å². The minimum atomic E-state index is -3.77. The maximum Gasteiger partial charge on any atom is 0.247 e. The number of anilines is 2. The normalized spacial score (nSPS) is 19.8. The number of hydrogen-bond donors (Lipinski definition) is 2. The molecule has 1 amide bonds. The molecule has 2 atom stereocenters. The van der Waals surface area contributed by atoms with Crippen molar-refractivity contribution in [2.45, 2.75) is 23.4 Å². The van der Waals surface area contributed by atoms with Gasteiger partial charge in [0.2, 0.25) is 15.9 Å². The van der Waals surface area contributed by atoms with Crippen LogP contribution in [-0.2, 0) is 14.8 Å². The van der Waals surface area contributed by atoms with Gasteiger partial charge in [0.05, 0.1) is 21.3 Å². The maximum absolute atomic E-state index is 13.0. The summed E-state index contributed by atoms with van der Waals surface area (Å²) in [5, 5.41) is 3.36. The molecule has 2 aliphatic rings. The van der Waals surface area contributed by atoms with Crippen molar-refractivity contribution in [1.82, 2.24) is 4.72 Å². The molecule has 3 aromatic rings. The minimum Gasteiger partial charge on any atom is -0.456 e. The van der Waals surface area contributed by atoms with Gasteiger partial charge in [0.25, 0.3) is 0 Å². The monoisotopic (exact) mass is 469 g/mol. The third kappa shape index (κ3) is 3.92. The van der Waals surface area contributed by atoms with Crippen LogP contribution in [0, 0.1) is 0 Å². The Morgan fingerprint density at radius 3 is 2.50 bits per heavy atom. The number of hydrogen-bond acceptors (Lipinski definition) is 5. The van der Waals surface area contributed by atoms with Gasteiger partial charge in [-0.15, -0.1) is 0 Å². The molecule has 32 heavy (non-hydrogen) atoms. The number of nitrogens with one attached hydrogen (secondary N) is 2. The van der Waals surface area contributed by atoms with Gasteiger partial charge in [0.15, 0.2) is 0 Å². The second-order valence-corrected chi connectivity index (χ2v) is 9.85. The van der Waals surface area contributed by atoms with Crippen molar-refractivity contribution in [3.8, 4) is 11.5 Å². The number of para-hydroxylation sites is 3. The molecule has 3 aromatic carbocycles. The molecule has 0 aromatic heterocycles. The Hall–Kier alpha value is -3.07. The highest BCUT2D eigenvalue weighted by atomic mass is 35.5. The van der Waals surface area contributed by atoms with E-state index >= 15 is 0 Å². The van der Waals surface area contributed by atoms with Gasteiger partial charge < -0.3 is 15.0 Å². The van der Waals surface area contributed by atoms with E-state index in [1.54, 1.807) is 36.4 Å². The number of rotatable bonds is 5. The molecule has 1 fully saturated rings. The van der Waals surface area contributed by atoms with E-state index in [0.717, 1.165) is 11.4 Å². The van der Waals surface area contributed by atoms with E-state index in [0.29, 0.717) is 29.5 Å². The van der Waals surface area contributed by atoms with Crippen LogP contribution in [0.2, 0.25) is 5.02 Å². The number of halogens is 1. The number of carbonyl (C=O) groups excluding carboxylic acids is 1. The zero-order valence-electron chi connectivity index (χ0n) is 16.9. The Bertz CT molecular complexity index is 1280. The Morgan fingerprint density at radius 1 is 1.00 bits per heavy atom. The fourth-order valence-electron chi connectivity index (χ4n) is 4.11. The average Bonchev–Trinajstić information content (AvgIpc) is 3.20. The summed E-state index contributed by atoms with van der Waals surface area (Å²) in [6.07, 6.45) is 0.396. The summed E-state index contributed by atoms with van der Waals surface area (Å²) in [5.74, 6) is 0.846. The van der Waals surface area contributed by atoms with Crippen LogP contribution in [0.5, 0.6) is 11.5 Å². The minimum absolute atomic E-state index is 0.119. The Labute approximate surface area is 191 Å². The molecule has 2 unspecified atom stereocenters. The quantitative estimate of drug-likeness (QED) is 0.589. The fraction of sp³-hybridized carbons (Fsp3) is 0.174. The summed E-state index contributed by atoms with van der Waals surface area (Å²) in [4.78, 5) is 14.6. The molecule has 164 valence electrons. The molecule has 9 heteroatoms. The van der Waals surface area contributed by atoms with Crippen LogP contribution in [0.25, 0.3) is 0 Å². The second kappa shape index (κ2) is 8.12. The largest absolute Gasteiger partial charge is 0.456 e. The number of sulfonamides is 1. The van der Waals surface area contributed by atoms with E-state index in [2.05, 4.69) is 10.0 Å². The van der Waals surface area contributed by atoms with Crippen molar-refractivity contribution < 1.29 is 17.9 Å². The summed E-state index contributed by atoms with van der Waals surface area (Å²) in [7, 11) is -3.77. The Morgan fingerprint density at radius 2 is 1.72 bits per heavy atom. The molecule has 1 saturated heterocycles. The topological polar surface area (TPSA) is 87.7 Å². The molecular weight excluding hydrogens is 450 g/mol. The van der Waals surface area contributed by atoms with Crippen LogP contribution in [0.3, 0.4) is 0 Å². The molecule has 0 bridgehead atoms. The summed E-state index contributed by atoms with van der Waals surface area (Å²) in [6, 6.07) is 19.9. The first-order valence-corrected chi connectivity index (χ1v) is 12.0. The molecular formula is C23H20ClN3O4S. The van der Waals surface area contributed by atoms with Crippen molar-refractivity contribution in [3.05, 3.63) is 77.8 Å². The first kappa shape index (κ1) is 20.8. The first-order valence-electron chi connectivity index (χ1n) is 10.1. The van der Waals surface area contributed by atoms with Crippen molar-refractivity contribution in [1.29, 1.82) is 0 Å². The molecule has 0 radical (unpaired) electrons. The van der Waals surface area contributed by atoms with E-state index in [9.17, 15) is 13.2 Å². The van der Waals surface area contributed by atoms with Gasteiger partial charge in [0, 0.05) is 12.6 Å².